The van der Waals surface area contributed by atoms with Crippen LogP contribution in [0.15, 0.2) is 255 Å². The Hall–Kier alpha value is -13.8. The molecule has 0 unspecified atom stereocenters. The number of carbonyl (C=O) groups excluding carboxylic acids is 8. The Bertz CT molecular complexity index is 5510. The second kappa shape index (κ2) is 29.0. The van der Waals surface area contributed by atoms with Gasteiger partial charge in [0.15, 0.2) is 6.29 Å². The molecule has 3 aliphatic heterocycles. The average molecular weight is 1610 g/mol. The van der Waals surface area contributed by atoms with E-state index in [9.17, 15) is 38.4 Å². The van der Waals surface area contributed by atoms with Crippen molar-refractivity contribution in [1.29, 1.82) is 0 Å². The Balaban J connectivity index is 0.675. The van der Waals surface area contributed by atoms with Gasteiger partial charge in [0.05, 0.1) is 33.8 Å². The molecule has 0 aromatic heterocycles. The molecule has 3 aliphatic rings. The van der Waals surface area contributed by atoms with Crippen LogP contribution in [-0.2, 0) is 35.4 Å². The summed E-state index contributed by atoms with van der Waals surface area (Å²) in [5.41, 5.74) is -26.8. The number of carbonyl (C=O) groups is 8. The van der Waals surface area contributed by atoms with E-state index in [1.54, 1.807) is 0 Å². The van der Waals surface area contributed by atoms with Gasteiger partial charge in [0.25, 0.3) is 41.4 Å². The van der Waals surface area contributed by atoms with Crippen LogP contribution >= 0.6 is 0 Å². The maximum absolute atomic E-state index is 15.7. The van der Waals surface area contributed by atoms with Crippen LogP contribution in [0.2, 0.25) is 0 Å². The molecule has 0 atom stereocenters. The molecule has 13 rings (SSSR count). The lowest BCUT2D eigenvalue weighted by atomic mass is 9.71. The first kappa shape index (κ1) is 79.3. The van der Waals surface area contributed by atoms with Crippen LogP contribution in [0, 0.1) is 0 Å². The number of hydrogen-bond acceptors (Lipinski definition) is 12. The monoisotopic (exact) mass is 1610 g/mol. The topological polar surface area (TPSA) is 195 Å². The number of halogens is 18. The van der Waals surface area contributed by atoms with E-state index in [2.05, 4.69) is 5.32 Å². The summed E-state index contributed by atoms with van der Waals surface area (Å²) < 4.78 is 298. The van der Waals surface area contributed by atoms with Gasteiger partial charge >= 0.3 is 37.1 Å². The van der Waals surface area contributed by atoms with E-state index in [-0.39, 0.29) is 99.3 Å². The Morgan fingerprint density at radius 2 is 0.530 bits per heavy atom. The van der Waals surface area contributed by atoms with Gasteiger partial charge in [-0.2, -0.15) is 79.0 Å². The molecule has 0 aliphatic carbocycles. The summed E-state index contributed by atoms with van der Waals surface area (Å²) in [4.78, 5) is 104. The van der Waals surface area contributed by atoms with E-state index >= 15 is 79.0 Å². The molecule has 10 aromatic carbocycles. The van der Waals surface area contributed by atoms with E-state index in [0.29, 0.717) is 65.6 Å². The number of ether oxygens (including phenoxy) is 4. The van der Waals surface area contributed by atoms with Gasteiger partial charge in [-0.15, -0.1) is 0 Å². The fourth-order valence-corrected chi connectivity index (χ4v) is 13.5. The zero-order valence-electron chi connectivity index (χ0n) is 57.4. The molecule has 34 heteroatoms. The van der Waals surface area contributed by atoms with Crippen molar-refractivity contribution in [2.75, 3.05) is 20.0 Å². The quantitative estimate of drug-likeness (QED) is 0.0431. The highest BCUT2D eigenvalue weighted by molar-refractivity contribution is 6.34. The van der Waals surface area contributed by atoms with Crippen molar-refractivity contribution in [2.45, 2.75) is 53.3 Å². The molecule has 586 valence electrons. The van der Waals surface area contributed by atoms with Gasteiger partial charge in [-0.25, -0.2) is 14.7 Å². The summed E-state index contributed by atoms with van der Waals surface area (Å²) in [6.45, 7) is 0. The van der Waals surface area contributed by atoms with Crippen LogP contribution in [0.1, 0.15) is 74.8 Å². The summed E-state index contributed by atoms with van der Waals surface area (Å²) >= 11 is 0. The third-order valence-electron chi connectivity index (χ3n) is 18.8. The van der Waals surface area contributed by atoms with E-state index in [1.807, 2.05) is 0 Å². The molecule has 1 N–H and O–H groups in total. The molecule has 0 saturated carbocycles. The zero-order chi connectivity index (χ0) is 82.9. The van der Waals surface area contributed by atoms with Crippen LogP contribution in [-0.4, -0.2) is 84.7 Å². The van der Waals surface area contributed by atoms with Crippen LogP contribution < -0.4 is 39.0 Å². The maximum atomic E-state index is 15.7. The van der Waals surface area contributed by atoms with Crippen LogP contribution in [0.4, 0.5) is 102 Å². The average Bonchev–Trinajstić information content (AvgIpc) is 1.68. The minimum absolute atomic E-state index is 0.0248. The summed E-state index contributed by atoms with van der Waals surface area (Å²) in [7, 11) is 0. The van der Waals surface area contributed by atoms with E-state index in [0.717, 1.165) is 131 Å². The number of hydrogen-bond donors (Lipinski definition) is 1. The van der Waals surface area contributed by atoms with Gasteiger partial charge in [0, 0.05) is 35.6 Å². The number of rotatable bonds is 20. The number of nitrogens with one attached hydrogen (secondary N) is 1. The first-order chi connectivity index (χ1) is 54.1. The molecule has 0 bridgehead atoms. The highest BCUT2D eigenvalue weighted by Gasteiger charge is 2.75. The number of fused-ring (bicyclic) bond motifs is 1. The van der Waals surface area contributed by atoms with Gasteiger partial charge in [-0.05, 0) is 203 Å². The molecule has 0 fully saturated rings. The molecule has 115 heavy (non-hydrogen) atoms. The summed E-state index contributed by atoms with van der Waals surface area (Å²) in [5, 5.41) is 2.27. The SMILES string of the molecule is O=Cc1cc(C(c2ccc3c(c2)C(=O)N(c2ccc(Oc4ccc(C(c5ccc(Oc6ccc(N7C(=O)C=CC7=O)cc6)cc5)(C(F)(F)F)C(F)(F)F)cc4)cc2)C3=O)(C(F)(F)F)C(F)(F)F)ccc1C(=O)Nc1ccc(Oc2ccc(C(c3ccc(Oc4ccc(N5C(=O)C=CC5=O)cc4)cc3)(C(F)(F)F)C(F)(F)F)cc2)cc1. The number of alkyl halides is 18. The lowest BCUT2D eigenvalue weighted by Gasteiger charge is -2.38. The zero-order valence-corrected chi connectivity index (χ0v) is 57.4. The fraction of sp³-hybridized carbons (Fsp3) is 0.111. The highest BCUT2D eigenvalue weighted by Crippen LogP contribution is 2.60. The summed E-state index contributed by atoms with van der Waals surface area (Å²) in [5.74, 6) is -7.98. The van der Waals surface area contributed by atoms with E-state index in [1.165, 1.54) is 48.5 Å². The standard InChI is InChI=1S/C81H44F18N4O12/c82-76(83,84)73(77(85,86)87,46-3-21-56(22-4-46)113-60-29-13-52(14-30-60)101-66(105)37-38-67(101)106)45-1-19-55(20-2-45)112-59-27-11-51(12-28-59)100-70(109)63-35-9-49(41-44(63)43-104)75(80(94,95)96,81(97,98)99)50-10-36-64-65(42-50)72(111)103(71(64)110)54-17-33-62(34-18-54)115-58-25-7-48(8-26-58)74(78(88,89)90,79(91,92)93)47-5-23-57(24-6-47)114-61-31-15-53(16-32-61)102-68(107)39-40-69(102)108/h1-43H,(H,100,109). The third-order valence-corrected chi connectivity index (χ3v) is 18.8. The second-order valence-corrected chi connectivity index (χ2v) is 25.5. The molecular weight excluding hydrogens is 1560 g/mol. The smallest absolute Gasteiger partial charge is 0.411 e. The first-order valence-electron chi connectivity index (χ1n) is 33.1. The number of amides is 7. The van der Waals surface area contributed by atoms with Crippen molar-refractivity contribution in [3.8, 4) is 46.0 Å². The largest absolute Gasteiger partial charge is 0.457 e. The number of anilines is 4. The Kier molecular flexibility index (Phi) is 20.0. The Morgan fingerprint density at radius 1 is 0.287 bits per heavy atom. The second-order valence-electron chi connectivity index (χ2n) is 25.5. The van der Waals surface area contributed by atoms with Gasteiger partial charge in [-0.3, -0.25) is 38.4 Å². The number of nitrogens with zero attached hydrogens (tertiary/aromatic N) is 3. The molecule has 0 saturated heterocycles. The molecular formula is C81H44F18N4O12. The molecule has 0 radical (unpaired) electrons. The van der Waals surface area contributed by atoms with Gasteiger partial charge < -0.3 is 24.3 Å². The lowest BCUT2D eigenvalue weighted by molar-refractivity contribution is -0.290. The molecule has 10 aromatic rings. The minimum Gasteiger partial charge on any atom is -0.457 e. The van der Waals surface area contributed by atoms with Crippen molar-refractivity contribution in [2.24, 2.45) is 0 Å². The number of aldehydes is 1. The van der Waals surface area contributed by atoms with Crippen molar-refractivity contribution in [3.05, 3.63) is 310 Å². The Labute approximate surface area is 634 Å². The summed E-state index contributed by atoms with van der Waals surface area (Å²) in [6, 6.07) is 31.4. The van der Waals surface area contributed by atoms with Crippen LogP contribution in [0.3, 0.4) is 0 Å². The molecule has 3 heterocycles. The first-order valence-corrected chi connectivity index (χ1v) is 33.1. The van der Waals surface area contributed by atoms with E-state index < -0.39 is 150 Å². The van der Waals surface area contributed by atoms with Crippen LogP contribution in [0.5, 0.6) is 46.0 Å². The highest BCUT2D eigenvalue weighted by atomic mass is 19.4. The minimum atomic E-state index is -6.40. The molecule has 0 spiro atoms. The van der Waals surface area contributed by atoms with Crippen LogP contribution in [0.25, 0.3) is 0 Å². The predicted molar refractivity (Wildman–Crippen MR) is 371 cm³/mol. The summed E-state index contributed by atoms with van der Waals surface area (Å²) in [6.07, 6.45) is -33.0. The number of benzene rings is 10. The molecule has 7 amide bonds. The van der Waals surface area contributed by atoms with Crippen molar-refractivity contribution >= 4 is 70.4 Å². The third kappa shape index (κ3) is 14.0. The fourth-order valence-electron chi connectivity index (χ4n) is 13.5. The van der Waals surface area contributed by atoms with E-state index in [4.69, 9.17) is 18.9 Å². The maximum Gasteiger partial charge on any atom is 0.411 e. The predicted octanol–water partition coefficient (Wildman–Crippen LogP) is 19.8. The van der Waals surface area contributed by atoms with Gasteiger partial charge in [0.2, 0.25) is 16.2 Å². The molecule has 16 nitrogen and oxygen atoms in total. The lowest BCUT2D eigenvalue weighted by Crippen LogP contribution is -2.55. The normalized spacial score (nSPS) is 14.4. The van der Waals surface area contributed by atoms with Crippen molar-refractivity contribution < 1.29 is 136 Å². The van der Waals surface area contributed by atoms with Gasteiger partial charge in [0.1, 0.15) is 46.0 Å². The number of imide groups is 3. The van der Waals surface area contributed by atoms with Gasteiger partial charge in [-0.1, -0.05) is 60.7 Å². The van der Waals surface area contributed by atoms with Crippen molar-refractivity contribution in [1.82, 2.24) is 0 Å². The van der Waals surface area contributed by atoms with Crippen molar-refractivity contribution in [3.63, 3.8) is 0 Å². The Morgan fingerprint density at radius 3 is 0.826 bits per heavy atom.